The summed E-state index contributed by atoms with van der Waals surface area (Å²) in [5, 5.41) is 0.594. The first-order chi connectivity index (χ1) is 7.63. The number of benzene rings is 1. The van der Waals surface area contributed by atoms with Crippen LogP contribution in [0.15, 0.2) is 27.6 Å². The molecular formula is C12H17BrN2S. The minimum atomic E-state index is 0.544. The lowest BCUT2D eigenvalue weighted by Crippen LogP contribution is -2.41. The van der Waals surface area contributed by atoms with Gasteiger partial charge in [0, 0.05) is 27.7 Å². The van der Waals surface area contributed by atoms with Gasteiger partial charge in [-0.2, -0.15) is 0 Å². The lowest BCUT2D eigenvalue weighted by atomic mass is 10.1. The Balaban J connectivity index is 2.32. The van der Waals surface area contributed by atoms with Gasteiger partial charge in [-0.3, -0.25) is 0 Å². The minimum absolute atomic E-state index is 0.544. The molecule has 16 heavy (non-hydrogen) atoms. The number of nitrogens with two attached hydrogens (primary N) is 1. The van der Waals surface area contributed by atoms with E-state index in [0.717, 1.165) is 17.4 Å². The van der Waals surface area contributed by atoms with Crippen molar-refractivity contribution in [3.8, 4) is 0 Å². The molecule has 0 spiro atoms. The molecule has 2 rings (SSSR count). The van der Waals surface area contributed by atoms with Crippen LogP contribution in [0.4, 0.5) is 5.69 Å². The number of anilines is 1. The van der Waals surface area contributed by atoms with Crippen LogP contribution in [0.5, 0.6) is 0 Å². The molecule has 0 aliphatic carbocycles. The van der Waals surface area contributed by atoms with E-state index >= 15 is 0 Å². The quantitative estimate of drug-likeness (QED) is 0.910. The number of halogens is 1. The van der Waals surface area contributed by atoms with Gasteiger partial charge in [-0.15, -0.1) is 11.8 Å². The van der Waals surface area contributed by atoms with Crippen LogP contribution in [0.2, 0.25) is 0 Å². The van der Waals surface area contributed by atoms with Gasteiger partial charge < -0.3 is 10.6 Å². The zero-order chi connectivity index (χ0) is 11.7. The number of thioether (sulfide) groups is 1. The van der Waals surface area contributed by atoms with Crippen LogP contribution in [0.1, 0.15) is 13.3 Å². The zero-order valence-electron chi connectivity index (χ0n) is 9.61. The Hall–Kier alpha value is -0.190. The largest absolute Gasteiger partial charge is 0.370 e. The molecule has 2 atom stereocenters. The second-order valence-electron chi connectivity index (χ2n) is 4.20. The highest BCUT2D eigenvalue weighted by molar-refractivity contribution is 9.10. The van der Waals surface area contributed by atoms with Crippen LogP contribution in [0, 0.1) is 0 Å². The lowest BCUT2D eigenvalue weighted by Gasteiger charge is -2.39. The first-order valence-corrected chi connectivity index (χ1v) is 7.20. The highest BCUT2D eigenvalue weighted by Gasteiger charge is 2.29. The van der Waals surface area contributed by atoms with Crippen molar-refractivity contribution in [1.29, 1.82) is 0 Å². The highest BCUT2D eigenvalue weighted by atomic mass is 79.9. The number of rotatable bonds is 2. The van der Waals surface area contributed by atoms with Crippen molar-refractivity contribution in [3.05, 3.63) is 22.7 Å². The number of nitrogens with zero attached hydrogens (tertiary/aromatic N) is 1. The maximum absolute atomic E-state index is 5.68. The van der Waals surface area contributed by atoms with Gasteiger partial charge in [0.2, 0.25) is 0 Å². The monoisotopic (exact) mass is 300 g/mol. The standard InChI is InChI=1S/C12H17BrN2S/c1-8-11(5-6-14)16-12-7-9(13)3-4-10(12)15(8)2/h3-4,7-8,11H,5-6,14H2,1-2H3. The van der Waals surface area contributed by atoms with E-state index in [2.05, 4.69) is 53.0 Å². The summed E-state index contributed by atoms with van der Waals surface area (Å²) in [5.74, 6) is 0. The first kappa shape index (κ1) is 12.3. The van der Waals surface area contributed by atoms with Gasteiger partial charge in [-0.1, -0.05) is 15.9 Å². The van der Waals surface area contributed by atoms with E-state index in [0.29, 0.717) is 11.3 Å². The summed E-state index contributed by atoms with van der Waals surface area (Å²) in [6, 6.07) is 7.03. The fourth-order valence-corrected chi connectivity index (χ4v) is 4.07. The molecule has 0 saturated heterocycles. The van der Waals surface area contributed by atoms with Crippen molar-refractivity contribution in [1.82, 2.24) is 0 Å². The van der Waals surface area contributed by atoms with Crippen molar-refractivity contribution >= 4 is 33.4 Å². The van der Waals surface area contributed by atoms with Gasteiger partial charge in [0.1, 0.15) is 0 Å². The van der Waals surface area contributed by atoms with Crippen molar-refractivity contribution in [3.63, 3.8) is 0 Å². The van der Waals surface area contributed by atoms with Gasteiger partial charge in [0.15, 0.2) is 0 Å². The normalized spacial score (nSPS) is 24.4. The molecule has 0 saturated carbocycles. The Morgan fingerprint density at radius 3 is 2.94 bits per heavy atom. The first-order valence-electron chi connectivity index (χ1n) is 5.52. The van der Waals surface area contributed by atoms with Gasteiger partial charge in [-0.25, -0.2) is 0 Å². The average molecular weight is 301 g/mol. The Labute approximate surface area is 110 Å². The summed E-state index contributed by atoms with van der Waals surface area (Å²) in [7, 11) is 2.17. The molecular weight excluding hydrogens is 284 g/mol. The molecule has 0 fully saturated rings. The van der Waals surface area contributed by atoms with E-state index in [4.69, 9.17) is 5.73 Å². The van der Waals surface area contributed by atoms with Gasteiger partial charge in [0.05, 0.1) is 5.69 Å². The molecule has 1 aliphatic heterocycles. The van der Waals surface area contributed by atoms with E-state index < -0.39 is 0 Å². The van der Waals surface area contributed by atoms with Crippen LogP contribution in [0.3, 0.4) is 0 Å². The lowest BCUT2D eigenvalue weighted by molar-refractivity contribution is 0.604. The van der Waals surface area contributed by atoms with Gasteiger partial charge in [0.25, 0.3) is 0 Å². The summed E-state index contributed by atoms with van der Waals surface area (Å²) in [6.07, 6.45) is 1.07. The minimum Gasteiger partial charge on any atom is -0.370 e. The Bertz CT molecular complexity index is 383. The third-order valence-corrected chi connectivity index (χ3v) is 5.19. The molecule has 1 aromatic rings. The third kappa shape index (κ3) is 2.24. The molecule has 88 valence electrons. The van der Waals surface area contributed by atoms with Crippen LogP contribution in [-0.2, 0) is 0 Å². The third-order valence-electron chi connectivity index (χ3n) is 3.18. The smallest absolute Gasteiger partial charge is 0.0505 e. The summed E-state index contributed by atoms with van der Waals surface area (Å²) in [4.78, 5) is 3.71. The Morgan fingerprint density at radius 2 is 2.25 bits per heavy atom. The molecule has 1 aromatic carbocycles. The molecule has 0 amide bonds. The summed E-state index contributed by atoms with van der Waals surface area (Å²) >= 11 is 5.48. The van der Waals surface area contributed by atoms with Crippen molar-refractivity contribution in [2.45, 2.75) is 29.5 Å². The molecule has 2 unspecified atom stereocenters. The predicted octanol–water partition coefficient (Wildman–Crippen LogP) is 3.10. The van der Waals surface area contributed by atoms with Crippen molar-refractivity contribution in [2.75, 3.05) is 18.5 Å². The molecule has 0 aromatic heterocycles. The van der Waals surface area contributed by atoms with E-state index in [-0.39, 0.29) is 0 Å². The van der Waals surface area contributed by atoms with Crippen molar-refractivity contribution < 1.29 is 0 Å². The number of hydrogen-bond acceptors (Lipinski definition) is 3. The van der Waals surface area contributed by atoms with Crippen molar-refractivity contribution in [2.24, 2.45) is 5.73 Å². The van der Waals surface area contributed by atoms with Crippen LogP contribution in [0.25, 0.3) is 0 Å². The Kier molecular flexibility index (Phi) is 3.82. The fraction of sp³-hybridized carbons (Fsp3) is 0.500. The second-order valence-corrected chi connectivity index (χ2v) is 6.39. The van der Waals surface area contributed by atoms with E-state index in [1.165, 1.54) is 10.6 Å². The molecule has 1 heterocycles. The average Bonchev–Trinajstić information content (AvgIpc) is 2.25. The van der Waals surface area contributed by atoms with Crippen LogP contribution >= 0.6 is 27.7 Å². The number of hydrogen-bond donors (Lipinski definition) is 1. The number of fused-ring (bicyclic) bond motifs is 1. The van der Waals surface area contributed by atoms with Crippen LogP contribution < -0.4 is 10.6 Å². The van der Waals surface area contributed by atoms with Gasteiger partial charge >= 0.3 is 0 Å². The maximum Gasteiger partial charge on any atom is 0.0505 e. The second kappa shape index (κ2) is 4.98. The summed E-state index contributed by atoms with van der Waals surface area (Å²) in [5.41, 5.74) is 7.00. The van der Waals surface area contributed by atoms with Gasteiger partial charge in [-0.05, 0) is 38.1 Å². The van der Waals surface area contributed by atoms with E-state index in [1.807, 2.05) is 11.8 Å². The summed E-state index contributed by atoms with van der Waals surface area (Å²) in [6.45, 7) is 3.04. The highest BCUT2D eigenvalue weighted by Crippen LogP contribution is 2.42. The zero-order valence-corrected chi connectivity index (χ0v) is 12.0. The summed E-state index contributed by atoms with van der Waals surface area (Å²) < 4.78 is 1.15. The topological polar surface area (TPSA) is 29.3 Å². The molecule has 2 nitrogen and oxygen atoms in total. The molecule has 2 N–H and O–H groups in total. The molecule has 1 aliphatic rings. The SMILES string of the molecule is CC1C(CCN)Sc2cc(Br)ccc2N1C. The van der Waals surface area contributed by atoms with Crippen LogP contribution in [-0.4, -0.2) is 24.9 Å². The Morgan fingerprint density at radius 1 is 1.50 bits per heavy atom. The molecule has 0 bridgehead atoms. The van der Waals surface area contributed by atoms with E-state index in [9.17, 15) is 0 Å². The molecule has 0 radical (unpaired) electrons. The van der Waals surface area contributed by atoms with E-state index in [1.54, 1.807) is 0 Å². The maximum atomic E-state index is 5.68. The molecule has 4 heteroatoms. The fourth-order valence-electron chi connectivity index (χ4n) is 2.07. The predicted molar refractivity (Wildman–Crippen MR) is 75.3 cm³/mol.